The van der Waals surface area contributed by atoms with Crippen LogP contribution in [0.15, 0.2) is 36.4 Å². The number of amides is 1. The second kappa shape index (κ2) is 6.06. The van der Waals surface area contributed by atoms with Gasteiger partial charge in [-0.3, -0.25) is 4.79 Å². The molecule has 1 spiro atoms. The molecule has 0 unspecified atom stereocenters. The highest BCUT2D eigenvalue weighted by molar-refractivity contribution is 6.06. The first kappa shape index (κ1) is 15.9. The maximum absolute atomic E-state index is 12.7. The third-order valence-corrected chi connectivity index (χ3v) is 5.18. The highest BCUT2D eigenvalue weighted by Crippen LogP contribution is 2.42. The predicted molar refractivity (Wildman–Crippen MR) is 94.1 cm³/mol. The van der Waals surface area contributed by atoms with Crippen LogP contribution in [0.4, 0.5) is 4.79 Å². The van der Waals surface area contributed by atoms with Gasteiger partial charge in [-0.25, -0.2) is 4.79 Å². The Labute approximate surface area is 146 Å². The highest BCUT2D eigenvalue weighted by Gasteiger charge is 2.44. The van der Waals surface area contributed by atoms with Gasteiger partial charge < -0.3 is 14.4 Å². The Balaban J connectivity index is 1.62. The predicted octanol–water partition coefficient (Wildman–Crippen LogP) is 3.80. The number of hydrogen-bond acceptors (Lipinski definition) is 4. The monoisotopic (exact) mass is 339 g/mol. The molecule has 0 saturated carbocycles. The van der Waals surface area contributed by atoms with E-state index in [1.807, 2.05) is 36.4 Å². The normalized spacial score (nSPS) is 18.8. The molecule has 1 fully saturated rings. The van der Waals surface area contributed by atoms with Gasteiger partial charge in [0.25, 0.3) is 0 Å². The molecule has 5 nitrogen and oxygen atoms in total. The molecule has 2 aromatic rings. The standard InChI is InChI=1S/C20H21NO4/c1-2-24-19(23)21-11-9-20(10-12-21)13-17(22)16-8-7-14-5-3-4-6-15(14)18(16)25-20/h3-8H,2,9-13H2,1H3. The Bertz CT molecular complexity index is 837. The summed E-state index contributed by atoms with van der Waals surface area (Å²) >= 11 is 0. The van der Waals surface area contributed by atoms with Crippen molar-refractivity contribution in [1.29, 1.82) is 0 Å². The molecule has 0 aromatic heterocycles. The van der Waals surface area contributed by atoms with Gasteiger partial charge in [0.05, 0.1) is 18.6 Å². The number of carbonyl (C=O) groups is 2. The van der Waals surface area contributed by atoms with Crippen LogP contribution in [0.25, 0.3) is 10.8 Å². The minimum Gasteiger partial charge on any atom is -0.485 e. The summed E-state index contributed by atoms with van der Waals surface area (Å²) in [7, 11) is 0. The van der Waals surface area contributed by atoms with Crippen molar-refractivity contribution in [2.45, 2.75) is 31.8 Å². The van der Waals surface area contributed by atoms with E-state index in [2.05, 4.69) is 0 Å². The van der Waals surface area contributed by atoms with Crippen LogP contribution >= 0.6 is 0 Å². The van der Waals surface area contributed by atoms with Crippen molar-refractivity contribution in [3.05, 3.63) is 42.0 Å². The quantitative estimate of drug-likeness (QED) is 0.793. The zero-order valence-electron chi connectivity index (χ0n) is 14.3. The fraction of sp³-hybridized carbons (Fsp3) is 0.400. The van der Waals surface area contributed by atoms with Gasteiger partial charge in [-0.1, -0.05) is 30.3 Å². The summed E-state index contributed by atoms with van der Waals surface area (Å²) in [6, 6.07) is 11.8. The summed E-state index contributed by atoms with van der Waals surface area (Å²) in [5.74, 6) is 0.815. The number of rotatable bonds is 1. The highest BCUT2D eigenvalue weighted by atomic mass is 16.6. The maximum Gasteiger partial charge on any atom is 0.409 e. The number of carbonyl (C=O) groups excluding carboxylic acids is 2. The molecule has 2 aromatic carbocycles. The van der Waals surface area contributed by atoms with E-state index in [0.29, 0.717) is 50.3 Å². The lowest BCUT2D eigenvalue weighted by Gasteiger charge is -2.43. The molecule has 25 heavy (non-hydrogen) atoms. The summed E-state index contributed by atoms with van der Waals surface area (Å²) in [4.78, 5) is 26.3. The van der Waals surface area contributed by atoms with Crippen LogP contribution in [0.2, 0.25) is 0 Å². The van der Waals surface area contributed by atoms with Gasteiger partial charge in [0, 0.05) is 31.3 Å². The van der Waals surface area contributed by atoms with Crippen LogP contribution in [0, 0.1) is 0 Å². The molecule has 0 aliphatic carbocycles. The molecule has 0 atom stereocenters. The summed E-state index contributed by atoms with van der Waals surface area (Å²) in [5, 5.41) is 2.04. The number of benzene rings is 2. The van der Waals surface area contributed by atoms with Crippen LogP contribution in [0.3, 0.4) is 0 Å². The molecular formula is C20H21NO4. The van der Waals surface area contributed by atoms with Gasteiger partial charge in [-0.2, -0.15) is 0 Å². The molecule has 0 bridgehead atoms. The third-order valence-electron chi connectivity index (χ3n) is 5.18. The number of Topliss-reactive ketones (excluding diaryl/α,β-unsaturated/α-hetero) is 1. The second-order valence-electron chi connectivity index (χ2n) is 6.73. The van der Waals surface area contributed by atoms with Gasteiger partial charge in [0.2, 0.25) is 0 Å². The fourth-order valence-electron chi connectivity index (χ4n) is 3.80. The molecule has 1 saturated heterocycles. The third kappa shape index (κ3) is 2.73. The average molecular weight is 339 g/mol. The summed E-state index contributed by atoms with van der Waals surface area (Å²) < 4.78 is 11.5. The maximum atomic E-state index is 12.7. The molecule has 2 aliphatic rings. The van der Waals surface area contributed by atoms with Gasteiger partial charge in [0.15, 0.2) is 5.78 Å². The SMILES string of the molecule is CCOC(=O)N1CCC2(CC1)CC(=O)c1ccc3ccccc3c1O2. The molecule has 0 radical (unpaired) electrons. The Kier molecular flexibility index (Phi) is 3.86. The average Bonchev–Trinajstić information content (AvgIpc) is 2.62. The van der Waals surface area contributed by atoms with E-state index in [4.69, 9.17) is 9.47 Å². The van der Waals surface area contributed by atoms with Gasteiger partial charge in [-0.05, 0) is 18.4 Å². The Hall–Kier alpha value is -2.56. The molecule has 130 valence electrons. The summed E-state index contributed by atoms with van der Waals surface area (Å²) in [6.07, 6.45) is 1.36. The van der Waals surface area contributed by atoms with Crippen LogP contribution in [0.1, 0.15) is 36.5 Å². The van der Waals surface area contributed by atoms with Gasteiger partial charge >= 0.3 is 6.09 Å². The number of likely N-dealkylation sites (tertiary alicyclic amines) is 1. The number of piperidine rings is 1. The van der Waals surface area contributed by atoms with Crippen LogP contribution < -0.4 is 4.74 Å². The topological polar surface area (TPSA) is 55.8 Å². The molecule has 1 amide bonds. The van der Waals surface area contributed by atoms with E-state index in [1.165, 1.54) is 0 Å². The first-order valence-corrected chi connectivity index (χ1v) is 8.77. The lowest BCUT2D eigenvalue weighted by molar-refractivity contribution is -0.00755. The van der Waals surface area contributed by atoms with Gasteiger partial charge in [-0.15, -0.1) is 0 Å². The minimum absolute atomic E-state index is 0.122. The zero-order valence-corrected chi connectivity index (χ0v) is 14.3. The summed E-state index contributed by atoms with van der Waals surface area (Å²) in [5.41, 5.74) is 0.147. The molecule has 2 heterocycles. The Morgan fingerprint density at radius 2 is 1.96 bits per heavy atom. The fourth-order valence-corrected chi connectivity index (χ4v) is 3.80. The minimum atomic E-state index is -0.517. The van der Waals surface area contributed by atoms with E-state index < -0.39 is 5.60 Å². The summed E-state index contributed by atoms with van der Waals surface area (Å²) in [6.45, 7) is 3.27. The van der Waals surface area contributed by atoms with Crippen molar-refractivity contribution in [2.75, 3.05) is 19.7 Å². The zero-order chi connectivity index (χ0) is 17.4. The van der Waals surface area contributed by atoms with Crippen molar-refractivity contribution in [3.8, 4) is 5.75 Å². The number of nitrogens with zero attached hydrogens (tertiary/aromatic N) is 1. The van der Waals surface area contributed by atoms with Crippen molar-refractivity contribution in [3.63, 3.8) is 0 Å². The Morgan fingerprint density at radius 1 is 1.20 bits per heavy atom. The number of ether oxygens (including phenoxy) is 2. The first-order chi connectivity index (χ1) is 12.1. The van der Waals surface area contributed by atoms with Crippen molar-refractivity contribution >= 4 is 22.6 Å². The van der Waals surface area contributed by atoms with Crippen molar-refractivity contribution in [2.24, 2.45) is 0 Å². The van der Waals surface area contributed by atoms with E-state index in [9.17, 15) is 9.59 Å². The smallest absolute Gasteiger partial charge is 0.409 e. The molecular weight excluding hydrogens is 318 g/mol. The number of hydrogen-bond donors (Lipinski definition) is 0. The largest absolute Gasteiger partial charge is 0.485 e. The lowest BCUT2D eigenvalue weighted by Crippen LogP contribution is -2.52. The van der Waals surface area contributed by atoms with E-state index in [0.717, 1.165) is 10.8 Å². The Morgan fingerprint density at radius 3 is 2.72 bits per heavy atom. The first-order valence-electron chi connectivity index (χ1n) is 8.77. The van der Waals surface area contributed by atoms with Crippen molar-refractivity contribution < 1.29 is 19.1 Å². The van der Waals surface area contributed by atoms with Crippen LogP contribution in [-0.2, 0) is 4.74 Å². The van der Waals surface area contributed by atoms with Gasteiger partial charge in [0.1, 0.15) is 11.4 Å². The van der Waals surface area contributed by atoms with E-state index in [1.54, 1.807) is 11.8 Å². The van der Waals surface area contributed by atoms with Crippen LogP contribution in [-0.4, -0.2) is 42.1 Å². The molecule has 0 N–H and O–H groups in total. The van der Waals surface area contributed by atoms with E-state index >= 15 is 0 Å². The second-order valence-corrected chi connectivity index (χ2v) is 6.73. The lowest BCUT2D eigenvalue weighted by atomic mass is 9.82. The number of ketones is 1. The van der Waals surface area contributed by atoms with Crippen LogP contribution in [0.5, 0.6) is 5.75 Å². The van der Waals surface area contributed by atoms with Crippen molar-refractivity contribution in [1.82, 2.24) is 4.90 Å². The molecule has 5 heteroatoms. The molecule has 2 aliphatic heterocycles. The number of fused-ring (bicyclic) bond motifs is 3. The van der Waals surface area contributed by atoms with E-state index in [-0.39, 0.29) is 11.9 Å². The molecule has 4 rings (SSSR count).